The van der Waals surface area contributed by atoms with Crippen molar-refractivity contribution >= 4 is 23.4 Å². The maximum atomic E-state index is 13.2. The second-order valence-electron chi connectivity index (χ2n) is 8.81. The van der Waals surface area contributed by atoms with Gasteiger partial charge in [-0.2, -0.15) is 0 Å². The first-order valence-corrected chi connectivity index (χ1v) is 10.9. The second-order valence-corrected chi connectivity index (χ2v) is 9.22. The molecule has 0 aliphatic rings. The lowest BCUT2D eigenvalue weighted by molar-refractivity contribution is -0.143. The number of aryl methyl sites for hydroxylation is 2. The first-order chi connectivity index (χ1) is 14.5. The molecule has 0 saturated heterocycles. The molecule has 0 bridgehead atoms. The first kappa shape index (κ1) is 24.7. The minimum absolute atomic E-state index is 0.160. The van der Waals surface area contributed by atoms with Gasteiger partial charge in [-0.1, -0.05) is 42.8 Å². The predicted molar refractivity (Wildman–Crippen MR) is 125 cm³/mol. The lowest BCUT2D eigenvalue weighted by Gasteiger charge is -2.33. The number of halogens is 1. The van der Waals surface area contributed by atoms with Crippen LogP contribution in [0.2, 0.25) is 5.02 Å². The summed E-state index contributed by atoms with van der Waals surface area (Å²) in [6, 6.07) is 12.4. The quantitative estimate of drug-likeness (QED) is 0.619. The standard InChI is InChI=1S/C25H33ClN2O3/c1-7-22(24(30)27-25(4,5)6)28(15-19-10-8-9-11-21(19)26)23(29)16-31-20-13-12-17(2)18(3)14-20/h8-14,22H,7,15-16H2,1-6H3,(H,27,30)/t22-/m0/s1. The number of hydrogen-bond acceptors (Lipinski definition) is 3. The molecule has 2 rings (SSSR count). The van der Waals surface area contributed by atoms with Crippen LogP contribution >= 0.6 is 11.6 Å². The number of hydrogen-bond donors (Lipinski definition) is 1. The second kappa shape index (κ2) is 10.7. The molecule has 2 amide bonds. The molecule has 0 spiro atoms. The molecule has 168 valence electrons. The summed E-state index contributed by atoms with van der Waals surface area (Å²) in [7, 11) is 0. The maximum absolute atomic E-state index is 13.2. The van der Waals surface area contributed by atoms with Crippen molar-refractivity contribution in [3.63, 3.8) is 0 Å². The number of rotatable bonds is 8. The van der Waals surface area contributed by atoms with E-state index in [1.807, 2.05) is 77.9 Å². The molecule has 0 unspecified atom stereocenters. The smallest absolute Gasteiger partial charge is 0.261 e. The van der Waals surface area contributed by atoms with Gasteiger partial charge in [-0.3, -0.25) is 9.59 Å². The van der Waals surface area contributed by atoms with Gasteiger partial charge in [-0.25, -0.2) is 0 Å². The van der Waals surface area contributed by atoms with Crippen molar-refractivity contribution in [3.05, 3.63) is 64.2 Å². The summed E-state index contributed by atoms with van der Waals surface area (Å²) in [4.78, 5) is 27.8. The van der Waals surface area contributed by atoms with Gasteiger partial charge >= 0.3 is 0 Å². The normalized spacial score (nSPS) is 12.2. The molecule has 0 radical (unpaired) electrons. The van der Waals surface area contributed by atoms with Crippen molar-refractivity contribution in [1.82, 2.24) is 10.2 Å². The zero-order valence-electron chi connectivity index (χ0n) is 19.3. The fourth-order valence-corrected chi connectivity index (χ4v) is 3.41. The number of benzene rings is 2. The van der Waals surface area contributed by atoms with Gasteiger partial charge in [0.15, 0.2) is 6.61 Å². The Morgan fingerprint density at radius 1 is 1.10 bits per heavy atom. The van der Waals surface area contributed by atoms with Gasteiger partial charge in [0.2, 0.25) is 5.91 Å². The molecule has 0 heterocycles. The fourth-order valence-electron chi connectivity index (χ4n) is 3.21. The van der Waals surface area contributed by atoms with E-state index in [1.54, 1.807) is 11.0 Å². The first-order valence-electron chi connectivity index (χ1n) is 10.6. The van der Waals surface area contributed by atoms with Gasteiger partial charge in [0.25, 0.3) is 5.91 Å². The van der Waals surface area contributed by atoms with Crippen LogP contribution in [-0.2, 0) is 16.1 Å². The van der Waals surface area contributed by atoms with E-state index in [4.69, 9.17) is 16.3 Å². The van der Waals surface area contributed by atoms with Crippen LogP contribution in [0.5, 0.6) is 5.75 Å². The molecule has 2 aromatic rings. The zero-order valence-corrected chi connectivity index (χ0v) is 20.0. The van der Waals surface area contributed by atoms with E-state index < -0.39 is 11.6 Å². The third kappa shape index (κ3) is 7.28. The molecule has 0 aromatic heterocycles. The van der Waals surface area contributed by atoms with Crippen LogP contribution in [0.25, 0.3) is 0 Å². The summed E-state index contributed by atoms with van der Waals surface area (Å²) in [5, 5.41) is 3.54. The van der Waals surface area contributed by atoms with E-state index in [0.717, 1.165) is 16.7 Å². The summed E-state index contributed by atoms with van der Waals surface area (Å²) >= 11 is 6.34. The Bertz CT molecular complexity index is 921. The van der Waals surface area contributed by atoms with Gasteiger partial charge in [-0.05, 0) is 75.9 Å². The van der Waals surface area contributed by atoms with Gasteiger partial charge < -0.3 is 15.0 Å². The molecule has 2 aromatic carbocycles. The van der Waals surface area contributed by atoms with E-state index in [9.17, 15) is 9.59 Å². The Balaban J connectivity index is 2.26. The van der Waals surface area contributed by atoms with Gasteiger partial charge in [0.1, 0.15) is 11.8 Å². The summed E-state index contributed by atoms with van der Waals surface area (Å²) in [6.45, 7) is 11.7. The van der Waals surface area contributed by atoms with Crippen LogP contribution in [0, 0.1) is 13.8 Å². The van der Waals surface area contributed by atoms with E-state index in [-0.39, 0.29) is 25.0 Å². The van der Waals surface area contributed by atoms with Gasteiger partial charge in [0.05, 0.1) is 0 Å². The van der Waals surface area contributed by atoms with Crippen LogP contribution in [0.4, 0.5) is 0 Å². The Hall–Kier alpha value is -2.53. The minimum Gasteiger partial charge on any atom is -0.484 e. The third-order valence-electron chi connectivity index (χ3n) is 5.02. The average molecular weight is 445 g/mol. The van der Waals surface area contributed by atoms with Crippen LogP contribution < -0.4 is 10.1 Å². The highest BCUT2D eigenvalue weighted by atomic mass is 35.5. The van der Waals surface area contributed by atoms with E-state index in [1.165, 1.54) is 0 Å². The molecule has 0 aliphatic carbocycles. The van der Waals surface area contributed by atoms with Gasteiger partial charge in [0, 0.05) is 17.1 Å². The topological polar surface area (TPSA) is 58.6 Å². The Kier molecular flexibility index (Phi) is 8.52. The minimum atomic E-state index is -0.633. The molecular weight excluding hydrogens is 412 g/mol. The third-order valence-corrected chi connectivity index (χ3v) is 5.39. The maximum Gasteiger partial charge on any atom is 0.261 e. The summed E-state index contributed by atoms with van der Waals surface area (Å²) < 4.78 is 5.77. The van der Waals surface area contributed by atoms with Crippen molar-refractivity contribution < 1.29 is 14.3 Å². The highest BCUT2D eigenvalue weighted by Gasteiger charge is 2.31. The van der Waals surface area contributed by atoms with Crippen molar-refractivity contribution in [1.29, 1.82) is 0 Å². The number of carbonyl (C=O) groups is 2. The monoisotopic (exact) mass is 444 g/mol. The molecule has 0 saturated carbocycles. The molecule has 0 aliphatic heterocycles. The lowest BCUT2D eigenvalue weighted by atomic mass is 10.1. The largest absolute Gasteiger partial charge is 0.484 e. The average Bonchev–Trinajstić information content (AvgIpc) is 2.68. The van der Waals surface area contributed by atoms with Crippen LogP contribution in [0.3, 0.4) is 0 Å². The predicted octanol–water partition coefficient (Wildman–Crippen LogP) is 5.06. The van der Waals surface area contributed by atoms with Gasteiger partial charge in [-0.15, -0.1) is 0 Å². The molecule has 5 nitrogen and oxygen atoms in total. The van der Waals surface area contributed by atoms with Crippen molar-refractivity contribution in [2.24, 2.45) is 0 Å². The molecular formula is C25H33ClN2O3. The highest BCUT2D eigenvalue weighted by Crippen LogP contribution is 2.21. The Morgan fingerprint density at radius 2 is 1.77 bits per heavy atom. The SMILES string of the molecule is CC[C@@H](C(=O)NC(C)(C)C)N(Cc1ccccc1Cl)C(=O)COc1ccc(C)c(C)c1. The zero-order chi connectivity index (χ0) is 23.2. The summed E-state index contributed by atoms with van der Waals surface area (Å²) in [6.07, 6.45) is 0.474. The van der Waals surface area contributed by atoms with E-state index in [0.29, 0.717) is 17.2 Å². The molecule has 31 heavy (non-hydrogen) atoms. The highest BCUT2D eigenvalue weighted by molar-refractivity contribution is 6.31. The number of amides is 2. The molecule has 0 fully saturated rings. The molecule has 6 heteroatoms. The van der Waals surface area contributed by atoms with E-state index >= 15 is 0 Å². The number of ether oxygens (including phenoxy) is 1. The van der Waals surface area contributed by atoms with Crippen molar-refractivity contribution in [2.75, 3.05) is 6.61 Å². The Labute approximate surface area is 190 Å². The number of nitrogens with one attached hydrogen (secondary N) is 1. The lowest BCUT2D eigenvalue weighted by Crippen LogP contribution is -2.54. The molecule has 1 N–H and O–H groups in total. The Morgan fingerprint density at radius 3 is 2.35 bits per heavy atom. The number of carbonyl (C=O) groups excluding carboxylic acids is 2. The summed E-state index contributed by atoms with van der Waals surface area (Å²) in [5.41, 5.74) is 2.63. The molecule has 1 atom stereocenters. The summed E-state index contributed by atoms with van der Waals surface area (Å²) in [5.74, 6) is 0.164. The number of nitrogens with zero attached hydrogens (tertiary/aromatic N) is 1. The van der Waals surface area contributed by atoms with Crippen LogP contribution in [-0.4, -0.2) is 34.9 Å². The fraction of sp³-hybridized carbons (Fsp3) is 0.440. The van der Waals surface area contributed by atoms with Crippen molar-refractivity contribution in [2.45, 2.75) is 66.1 Å². The van der Waals surface area contributed by atoms with Crippen molar-refractivity contribution in [3.8, 4) is 5.75 Å². The van der Waals surface area contributed by atoms with Crippen LogP contribution in [0.1, 0.15) is 50.8 Å². The van der Waals surface area contributed by atoms with Crippen LogP contribution in [0.15, 0.2) is 42.5 Å². The van der Waals surface area contributed by atoms with E-state index in [2.05, 4.69) is 5.32 Å².